The molecule has 0 saturated heterocycles. The lowest BCUT2D eigenvalue weighted by Gasteiger charge is -2.26. The Morgan fingerprint density at radius 1 is 0.897 bits per heavy atom. The number of aliphatic hydroxyl groups excluding tert-OH is 2. The second kappa shape index (κ2) is 12.7. The van der Waals surface area contributed by atoms with Gasteiger partial charge in [0.05, 0.1) is 19.0 Å². The third kappa shape index (κ3) is 6.75. The highest BCUT2D eigenvalue weighted by Gasteiger charge is 2.19. The maximum absolute atomic E-state index is 12.7. The summed E-state index contributed by atoms with van der Waals surface area (Å²) in [5.74, 6) is 1.13. The van der Waals surface area contributed by atoms with Crippen molar-refractivity contribution in [3.8, 4) is 11.5 Å². The molecule has 39 heavy (non-hydrogen) atoms. The molecule has 0 aliphatic carbocycles. The number of aryl methyl sites for hydroxylation is 1. The fourth-order valence-corrected chi connectivity index (χ4v) is 4.41. The highest BCUT2D eigenvalue weighted by atomic mass is 16.5. The van der Waals surface area contributed by atoms with Crippen LogP contribution in [-0.4, -0.2) is 72.2 Å². The summed E-state index contributed by atoms with van der Waals surface area (Å²) in [7, 11) is 2.96. The van der Waals surface area contributed by atoms with Crippen molar-refractivity contribution in [2.45, 2.75) is 32.3 Å². The number of imidazole rings is 1. The Bertz CT molecular complexity index is 1500. The summed E-state index contributed by atoms with van der Waals surface area (Å²) in [5.41, 5.74) is 0.631. The quantitative estimate of drug-likeness (QED) is 0.260. The average Bonchev–Trinajstić information content (AvgIpc) is 3.36. The zero-order valence-corrected chi connectivity index (χ0v) is 22.4. The molecule has 2 atom stereocenters. The van der Waals surface area contributed by atoms with Crippen molar-refractivity contribution in [3.63, 3.8) is 0 Å². The molecular weight excluding hydrogens is 502 g/mol. The SMILES string of the molecule is CCN(CC(O)COc1ccccc1OCc1ccccc1)CC(O)Cn1cnc2c1c(=O)n(C)c(=O)n2C. The molecule has 0 bridgehead atoms. The van der Waals surface area contributed by atoms with E-state index in [1.54, 1.807) is 17.7 Å². The zero-order chi connectivity index (χ0) is 27.9. The van der Waals surface area contributed by atoms with Crippen LogP contribution in [0.5, 0.6) is 11.5 Å². The minimum atomic E-state index is -0.843. The van der Waals surface area contributed by atoms with Gasteiger partial charge in [-0.2, -0.15) is 0 Å². The van der Waals surface area contributed by atoms with Crippen molar-refractivity contribution in [3.05, 3.63) is 87.3 Å². The number of para-hydroxylation sites is 2. The van der Waals surface area contributed by atoms with E-state index < -0.39 is 23.5 Å². The molecule has 2 aromatic carbocycles. The third-order valence-electron chi connectivity index (χ3n) is 6.53. The van der Waals surface area contributed by atoms with Crippen LogP contribution in [0.3, 0.4) is 0 Å². The zero-order valence-electron chi connectivity index (χ0n) is 22.4. The molecule has 0 fully saturated rings. The molecule has 2 N–H and O–H groups in total. The van der Waals surface area contributed by atoms with E-state index in [1.165, 1.54) is 17.9 Å². The monoisotopic (exact) mass is 537 g/mol. The van der Waals surface area contributed by atoms with E-state index >= 15 is 0 Å². The first-order valence-corrected chi connectivity index (χ1v) is 12.9. The minimum Gasteiger partial charge on any atom is -0.487 e. The van der Waals surface area contributed by atoms with Gasteiger partial charge in [0.15, 0.2) is 22.7 Å². The molecule has 208 valence electrons. The van der Waals surface area contributed by atoms with Crippen molar-refractivity contribution in [2.75, 3.05) is 26.2 Å². The summed E-state index contributed by atoms with van der Waals surface area (Å²) >= 11 is 0. The summed E-state index contributed by atoms with van der Waals surface area (Å²) in [5, 5.41) is 21.4. The number of benzene rings is 2. The fourth-order valence-electron chi connectivity index (χ4n) is 4.41. The molecule has 2 unspecified atom stereocenters. The largest absolute Gasteiger partial charge is 0.487 e. The number of rotatable bonds is 13. The van der Waals surface area contributed by atoms with E-state index in [2.05, 4.69) is 4.98 Å². The molecule has 0 aliphatic rings. The Balaban J connectivity index is 1.32. The summed E-state index contributed by atoms with van der Waals surface area (Å²) in [4.78, 5) is 30.9. The topological polar surface area (TPSA) is 124 Å². The smallest absolute Gasteiger partial charge is 0.332 e. The number of aliphatic hydroxyl groups is 2. The molecule has 2 aromatic heterocycles. The Kier molecular flexibility index (Phi) is 9.18. The highest BCUT2D eigenvalue weighted by molar-refractivity contribution is 5.69. The molecule has 4 rings (SSSR count). The molecule has 11 nitrogen and oxygen atoms in total. The van der Waals surface area contributed by atoms with E-state index in [4.69, 9.17) is 9.47 Å². The highest BCUT2D eigenvalue weighted by Crippen LogP contribution is 2.27. The van der Waals surface area contributed by atoms with Crippen LogP contribution in [0.15, 0.2) is 70.5 Å². The summed E-state index contributed by atoms with van der Waals surface area (Å²) in [6.45, 7) is 3.63. The molecule has 0 amide bonds. The predicted octanol–water partition coefficient (Wildman–Crippen LogP) is 1.14. The van der Waals surface area contributed by atoms with Gasteiger partial charge in [-0.25, -0.2) is 9.78 Å². The van der Waals surface area contributed by atoms with Gasteiger partial charge in [0.2, 0.25) is 0 Å². The number of hydrogen-bond acceptors (Lipinski definition) is 8. The van der Waals surface area contributed by atoms with Crippen LogP contribution < -0.4 is 20.7 Å². The maximum atomic E-state index is 12.7. The van der Waals surface area contributed by atoms with Crippen LogP contribution in [0.25, 0.3) is 11.2 Å². The number of aromatic nitrogens is 4. The first kappa shape index (κ1) is 28.1. The first-order valence-electron chi connectivity index (χ1n) is 12.9. The van der Waals surface area contributed by atoms with Crippen LogP contribution in [0.2, 0.25) is 0 Å². The van der Waals surface area contributed by atoms with Crippen LogP contribution in [0, 0.1) is 0 Å². The Hall–Kier alpha value is -3.93. The van der Waals surface area contributed by atoms with Gasteiger partial charge < -0.3 is 24.3 Å². The number of fused-ring (bicyclic) bond motifs is 1. The van der Waals surface area contributed by atoms with E-state index in [9.17, 15) is 19.8 Å². The van der Waals surface area contributed by atoms with Gasteiger partial charge >= 0.3 is 5.69 Å². The lowest BCUT2D eigenvalue weighted by molar-refractivity contribution is 0.0431. The van der Waals surface area contributed by atoms with Crippen molar-refractivity contribution in [2.24, 2.45) is 14.1 Å². The molecule has 0 spiro atoms. The normalized spacial score (nSPS) is 13.1. The van der Waals surface area contributed by atoms with E-state index in [0.29, 0.717) is 24.7 Å². The summed E-state index contributed by atoms with van der Waals surface area (Å²) < 4.78 is 15.7. The summed E-state index contributed by atoms with van der Waals surface area (Å²) in [6, 6.07) is 17.2. The number of likely N-dealkylation sites (N-methyl/N-ethyl adjacent to an activating group) is 1. The minimum absolute atomic E-state index is 0.0501. The van der Waals surface area contributed by atoms with Crippen LogP contribution >= 0.6 is 0 Å². The van der Waals surface area contributed by atoms with Gasteiger partial charge in [0, 0.05) is 27.2 Å². The van der Waals surface area contributed by atoms with Gasteiger partial charge in [-0.3, -0.25) is 18.8 Å². The van der Waals surface area contributed by atoms with Crippen molar-refractivity contribution < 1.29 is 19.7 Å². The second-order valence-electron chi connectivity index (χ2n) is 9.47. The molecule has 11 heteroatoms. The number of nitrogens with zero attached hydrogens (tertiary/aromatic N) is 5. The Labute approximate surface area is 226 Å². The Morgan fingerprint density at radius 2 is 1.54 bits per heavy atom. The molecule has 0 saturated carbocycles. The molecule has 4 aromatic rings. The van der Waals surface area contributed by atoms with Crippen LogP contribution in [-0.2, 0) is 27.2 Å². The Morgan fingerprint density at radius 3 is 2.23 bits per heavy atom. The van der Waals surface area contributed by atoms with Gasteiger partial charge in [-0.1, -0.05) is 49.4 Å². The summed E-state index contributed by atoms with van der Waals surface area (Å²) in [6.07, 6.45) is -0.204. The van der Waals surface area contributed by atoms with Gasteiger partial charge in [0.25, 0.3) is 5.56 Å². The lowest BCUT2D eigenvalue weighted by atomic mass is 10.2. The van der Waals surface area contributed by atoms with E-state index in [1.807, 2.05) is 60.4 Å². The second-order valence-corrected chi connectivity index (χ2v) is 9.47. The van der Waals surface area contributed by atoms with Gasteiger partial charge in [-0.05, 0) is 24.2 Å². The number of ether oxygens (including phenoxy) is 2. The lowest BCUT2D eigenvalue weighted by Crippen LogP contribution is -2.41. The predicted molar refractivity (Wildman–Crippen MR) is 147 cm³/mol. The van der Waals surface area contributed by atoms with Crippen molar-refractivity contribution >= 4 is 11.2 Å². The standard InChI is InChI=1S/C28H35N5O6/c1-4-32(14-21(34)16-33-19-29-26-25(33)27(36)31(3)28(37)30(26)2)15-22(35)18-39-24-13-9-8-12-23(24)38-17-20-10-6-5-7-11-20/h5-13,19,21-22,34-35H,4,14-18H2,1-3H3. The number of hydrogen-bond donors (Lipinski definition) is 2. The average molecular weight is 538 g/mol. The first-order chi connectivity index (χ1) is 18.8. The molecule has 0 radical (unpaired) electrons. The van der Waals surface area contributed by atoms with Crippen molar-refractivity contribution in [1.82, 2.24) is 23.6 Å². The fraction of sp³-hybridized carbons (Fsp3) is 0.393. The van der Waals surface area contributed by atoms with E-state index in [0.717, 1.165) is 10.1 Å². The molecular formula is C28H35N5O6. The van der Waals surface area contributed by atoms with Crippen molar-refractivity contribution in [1.29, 1.82) is 0 Å². The van der Waals surface area contributed by atoms with Gasteiger partial charge in [-0.15, -0.1) is 0 Å². The maximum Gasteiger partial charge on any atom is 0.332 e. The van der Waals surface area contributed by atoms with Crippen LogP contribution in [0.1, 0.15) is 12.5 Å². The van der Waals surface area contributed by atoms with Gasteiger partial charge in [0.1, 0.15) is 19.3 Å². The molecule has 0 aliphatic heterocycles. The van der Waals surface area contributed by atoms with E-state index in [-0.39, 0.29) is 37.4 Å². The molecule has 2 heterocycles. The third-order valence-corrected chi connectivity index (χ3v) is 6.53. The van der Waals surface area contributed by atoms with Crippen LogP contribution in [0.4, 0.5) is 0 Å².